The maximum atomic E-state index is 2.43. The van der Waals surface area contributed by atoms with Crippen LogP contribution in [-0.2, 0) is 0 Å². The van der Waals surface area contributed by atoms with Crippen LogP contribution in [0.5, 0.6) is 0 Å². The van der Waals surface area contributed by atoms with Crippen molar-refractivity contribution in [3.05, 3.63) is 261 Å². The molecule has 0 saturated heterocycles. The number of hydrogen-bond acceptors (Lipinski definition) is 1. The van der Waals surface area contributed by atoms with Crippen LogP contribution in [0.4, 0.5) is 17.1 Å². The highest BCUT2D eigenvalue weighted by Gasteiger charge is 2.21. The fourth-order valence-electron chi connectivity index (χ4n) is 9.26. The van der Waals surface area contributed by atoms with E-state index < -0.39 is 0 Å². The van der Waals surface area contributed by atoms with Gasteiger partial charge in [-0.25, -0.2) is 0 Å². The molecule has 1 nitrogen and oxygen atoms in total. The third-order valence-electron chi connectivity index (χ3n) is 12.3. The van der Waals surface area contributed by atoms with Crippen LogP contribution in [0.15, 0.2) is 261 Å². The summed E-state index contributed by atoms with van der Waals surface area (Å²) < 4.78 is 0. The highest BCUT2D eigenvalue weighted by atomic mass is 15.1. The van der Waals surface area contributed by atoms with Gasteiger partial charge in [-0.05, 0) is 125 Å². The van der Waals surface area contributed by atoms with Gasteiger partial charge < -0.3 is 4.90 Å². The van der Waals surface area contributed by atoms with Gasteiger partial charge in [0, 0.05) is 17.1 Å². The number of fused-ring (bicyclic) bond motifs is 3. The van der Waals surface area contributed by atoms with Crippen LogP contribution >= 0.6 is 0 Å². The van der Waals surface area contributed by atoms with Gasteiger partial charge in [-0.2, -0.15) is 0 Å². The molecule has 0 atom stereocenters. The lowest BCUT2D eigenvalue weighted by Gasteiger charge is -2.28. The summed E-state index contributed by atoms with van der Waals surface area (Å²) in [7, 11) is 0. The molecule has 0 radical (unpaired) electrons. The number of anilines is 3. The predicted octanol–water partition coefficient (Wildman–Crippen LogP) is 17.5. The first-order valence-electron chi connectivity index (χ1n) is 21.7. The first-order chi connectivity index (χ1) is 31.3. The summed E-state index contributed by atoms with van der Waals surface area (Å²) in [5.74, 6) is 0. The van der Waals surface area contributed by atoms with Gasteiger partial charge in [-0.15, -0.1) is 0 Å². The molecule has 0 amide bonds. The molecule has 1 heteroatoms. The third kappa shape index (κ3) is 7.26. The minimum absolute atomic E-state index is 1.08. The second-order valence-corrected chi connectivity index (χ2v) is 16.0. The van der Waals surface area contributed by atoms with E-state index in [2.05, 4.69) is 266 Å². The molecular weight excluding hydrogens is 759 g/mol. The molecule has 0 spiro atoms. The number of hydrogen-bond donors (Lipinski definition) is 0. The SMILES string of the molecule is c1ccc(-c2ccc(-c3ccc(N(c4ccc(-c5ccccc5)c(-c5ccccc5)c4)c4ccc5c(c4)c(-c4ccccc4)c(-c4ccccc4)c4ccccc45)cc3)cc2)cc1. The van der Waals surface area contributed by atoms with E-state index in [9.17, 15) is 0 Å². The van der Waals surface area contributed by atoms with Gasteiger partial charge in [0.15, 0.2) is 0 Å². The van der Waals surface area contributed by atoms with E-state index in [0.717, 1.165) is 17.1 Å². The first kappa shape index (κ1) is 37.7. The highest BCUT2D eigenvalue weighted by Crippen LogP contribution is 2.48. The second kappa shape index (κ2) is 16.7. The molecule has 296 valence electrons. The Bertz CT molecular complexity index is 3320. The summed E-state index contributed by atoms with van der Waals surface area (Å²) in [6.07, 6.45) is 0. The zero-order valence-electron chi connectivity index (χ0n) is 34.8. The Labute approximate surface area is 369 Å². The molecule has 0 aliphatic heterocycles. The molecule has 0 heterocycles. The summed E-state index contributed by atoms with van der Waals surface area (Å²) in [4.78, 5) is 2.43. The Morgan fingerprint density at radius 1 is 0.190 bits per heavy atom. The topological polar surface area (TPSA) is 3.24 Å². The maximum absolute atomic E-state index is 2.43. The van der Waals surface area contributed by atoms with Gasteiger partial charge in [0.05, 0.1) is 0 Å². The van der Waals surface area contributed by atoms with E-state index in [1.807, 2.05) is 0 Å². The van der Waals surface area contributed by atoms with E-state index >= 15 is 0 Å². The third-order valence-corrected chi connectivity index (χ3v) is 12.3. The molecule has 0 fully saturated rings. The van der Waals surface area contributed by atoms with Crippen LogP contribution < -0.4 is 4.90 Å². The van der Waals surface area contributed by atoms with Gasteiger partial charge >= 0.3 is 0 Å². The molecule has 11 aromatic carbocycles. The van der Waals surface area contributed by atoms with E-state index in [4.69, 9.17) is 0 Å². The van der Waals surface area contributed by atoms with Gasteiger partial charge in [-0.1, -0.05) is 224 Å². The van der Waals surface area contributed by atoms with Crippen molar-refractivity contribution in [1.29, 1.82) is 0 Å². The Morgan fingerprint density at radius 2 is 0.540 bits per heavy atom. The van der Waals surface area contributed by atoms with Crippen molar-refractivity contribution in [2.24, 2.45) is 0 Å². The lowest BCUT2D eigenvalue weighted by Crippen LogP contribution is -2.10. The molecule has 0 aliphatic carbocycles. The van der Waals surface area contributed by atoms with E-state index in [0.29, 0.717) is 0 Å². The monoisotopic (exact) mass is 801 g/mol. The zero-order valence-corrected chi connectivity index (χ0v) is 34.8. The lowest BCUT2D eigenvalue weighted by atomic mass is 9.85. The normalized spacial score (nSPS) is 11.2. The molecule has 63 heavy (non-hydrogen) atoms. The van der Waals surface area contributed by atoms with Crippen LogP contribution in [0, 0.1) is 0 Å². The second-order valence-electron chi connectivity index (χ2n) is 16.0. The molecule has 0 aromatic heterocycles. The van der Waals surface area contributed by atoms with Gasteiger partial charge in [-0.3, -0.25) is 0 Å². The standard InChI is InChI=1S/C62H43N/c1-6-18-44(19-7-1)45-30-32-46(33-31-45)47-34-36-52(37-35-47)63(53-38-40-55(48-20-8-2-9-21-48)59(42-53)49-22-10-3-11-23-49)54-39-41-57-56-28-16-17-29-58(56)61(50-24-12-4-13-25-50)62(60(57)43-54)51-26-14-5-15-27-51/h1-43H. The number of rotatable bonds is 9. The van der Waals surface area contributed by atoms with Crippen LogP contribution in [0.25, 0.3) is 88.3 Å². The molecule has 0 unspecified atom stereocenters. The molecular formula is C62H43N. The molecule has 11 rings (SSSR count). The maximum Gasteiger partial charge on any atom is 0.0468 e. The van der Waals surface area contributed by atoms with Crippen molar-refractivity contribution in [3.8, 4) is 66.8 Å². The number of nitrogens with zero attached hydrogens (tertiary/aromatic N) is 1. The lowest BCUT2D eigenvalue weighted by molar-refractivity contribution is 1.29. The molecule has 0 aliphatic rings. The van der Waals surface area contributed by atoms with Crippen LogP contribution in [-0.4, -0.2) is 0 Å². The summed E-state index contributed by atoms with van der Waals surface area (Å²) in [5, 5.41) is 4.92. The van der Waals surface area contributed by atoms with Crippen molar-refractivity contribution < 1.29 is 0 Å². The average Bonchev–Trinajstić information content (AvgIpc) is 3.37. The summed E-state index contributed by atoms with van der Waals surface area (Å²) in [5.41, 5.74) is 17.7. The van der Waals surface area contributed by atoms with E-state index in [1.54, 1.807) is 0 Å². The smallest absolute Gasteiger partial charge is 0.0468 e. The minimum atomic E-state index is 1.08. The van der Waals surface area contributed by atoms with Crippen LogP contribution in [0.1, 0.15) is 0 Å². The Balaban J connectivity index is 1.13. The summed E-state index contributed by atoms with van der Waals surface area (Å²) >= 11 is 0. The fourth-order valence-corrected chi connectivity index (χ4v) is 9.26. The Kier molecular flexibility index (Phi) is 9.97. The highest BCUT2D eigenvalue weighted by molar-refractivity contribution is 6.22. The van der Waals surface area contributed by atoms with Crippen LogP contribution in [0.3, 0.4) is 0 Å². The van der Waals surface area contributed by atoms with E-state index in [-0.39, 0.29) is 0 Å². The van der Waals surface area contributed by atoms with Crippen LogP contribution in [0.2, 0.25) is 0 Å². The quantitative estimate of drug-likeness (QED) is 0.131. The number of benzene rings is 11. The Morgan fingerprint density at radius 3 is 1.08 bits per heavy atom. The van der Waals surface area contributed by atoms with Crippen molar-refractivity contribution in [3.63, 3.8) is 0 Å². The van der Waals surface area contributed by atoms with Gasteiger partial charge in [0.25, 0.3) is 0 Å². The molecule has 11 aromatic rings. The Hall–Kier alpha value is -8.26. The average molecular weight is 802 g/mol. The molecule has 0 N–H and O–H groups in total. The summed E-state index contributed by atoms with van der Waals surface area (Å²) in [6, 6.07) is 94.7. The molecule has 0 bridgehead atoms. The largest absolute Gasteiger partial charge is 0.310 e. The van der Waals surface area contributed by atoms with Gasteiger partial charge in [0.2, 0.25) is 0 Å². The van der Waals surface area contributed by atoms with Crippen molar-refractivity contribution in [2.45, 2.75) is 0 Å². The fraction of sp³-hybridized carbons (Fsp3) is 0. The first-order valence-corrected chi connectivity index (χ1v) is 21.7. The predicted molar refractivity (Wildman–Crippen MR) is 269 cm³/mol. The van der Waals surface area contributed by atoms with Crippen molar-refractivity contribution in [2.75, 3.05) is 4.90 Å². The van der Waals surface area contributed by atoms with Gasteiger partial charge in [0.1, 0.15) is 0 Å². The zero-order chi connectivity index (χ0) is 42.0. The van der Waals surface area contributed by atoms with Crippen molar-refractivity contribution >= 4 is 38.6 Å². The van der Waals surface area contributed by atoms with Crippen molar-refractivity contribution in [1.82, 2.24) is 0 Å². The summed E-state index contributed by atoms with van der Waals surface area (Å²) in [6.45, 7) is 0. The molecule has 0 saturated carbocycles. The minimum Gasteiger partial charge on any atom is -0.310 e. The van der Waals surface area contributed by atoms with E-state index in [1.165, 1.54) is 88.3 Å².